The number of nitrogens with zero attached hydrogens (tertiary/aromatic N) is 1. The first-order valence-corrected chi connectivity index (χ1v) is 6.36. The zero-order valence-corrected chi connectivity index (χ0v) is 9.98. The molecule has 1 heterocycles. The Bertz CT molecular complexity index is 305. The van der Waals surface area contributed by atoms with Crippen molar-refractivity contribution < 1.29 is 9.05 Å². The van der Waals surface area contributed by atoms with Crippen LogP contribution in [0.3, 0.4) is 0 Å². The summed E-state index contributed by atoms with van der Waals surface area (Å²) in [5.74, 6) is 0. The fourth-order valence-electron chi connectivity index (χ4n) is 1.60. The second kappa shape index (κ2) is 4.93. The van der Waals surface area contributed by atoms with E-state index in [4.69, 9.17) is 9.05 Å². The summed E-state index contributed by atoms with van der Waals surface area (Å²) < 4.78 is 13.5. The highest BCUT2D eigenvalue weighted by Gasteiger charge is 2.33. The first-order chi connectivity index (χ1) is 7.33. The molecule has 0 amide bonds. The summed E-state index contributed by atoms with van der Waals surface area (Å²) in [4.78, 5) is 0. The number of hydrogen-bond acceptors (Lipinski definition) is 3. The highest BCUT2D eigenvalue weighted by Crippen LogP contribution is 2.51. The number of anilines is 1. The Morgan fingerprint density at radius 2 is 2.20 bits per heavy atom. The van der Waals surface area contributed by atoms with Crippen molar-refractivity contribution in [2.24, 2.45) is 0 Å². The van der Waals surface area contributed by atoms with Crippen LogP contribution in [0.15, 0.2) is 30.3 Å². The minimum absolute atomic E-state index is 0.394. The van der Waals surface area contributed by atoms with E-state index in [9.17, 15) is 0 Å². The van der Waals surface area contributed by atoms with Crippen LogP contribution in [0.2, 0.25) is 0 Å². The van der Waals surface area contributed by atoms with Gasteiger partial charge in [0.15, 0.2) is 0 Å². The summed E-state index contributed by atoms with van der Waals surface area (Å²) in [6.07, 6.45) is 0. The van der Waals surface area contributed by atoms with Gasteiger partial charge < -0.3 is 13.7 Å². The number of para-hydroxylation sites is 1. The van der Waals surface area contributed by atoms with Crippen molar-refractivity contribution in [2.75, 3.05) is 17.9 Å². The Morgan fingerprint density at radius 1 is 1.47 bits per heavy atom. The van der Waals surface area contributed by atoms with Gasteiger partial charge in [0.2, 0.25) is 0 Å². The number of hydrogen-bond donors (Lipinski definition) is 0. The van der Waals surface area contributed by atoms with Crippen molar-refractivity contribution in [1.82, 2.24) is 0 Å². The lowest BCUT2D eigenvalue weighted by atomic mass is 10.3. The van der Waals surface area contributed by atoms with Gasteiger partial charge in [0.05, 0.1) is 19.3 Å². The molecule has 15 heavy (non-hydrogen) atoms. The summed E-state index contributed by atoms with van der Waals surface area (Å²) in [5.41, 5.74) is 1.18. The molecule has 0 radical (unpaired) electrons. The molecular weight excluding hydrogens is 209 g/mol. The standard InChI is InChI=1S/C11H16NO2P/c1-3-13-15-12(10(2)9-14-15)11-7-5-4-6-8-11/h4-8,10H,3,9H2,1-2H3. The molecule has 2 unspecified atom stereocenters. The lowest BCUT2D eigenvalue weighted by Gasteiger charge is -2.26. The van der Waals surface area contributed by atoms with E-state index in [0.29, 0.717) is 12.6 Å². The molecule has 3 nitrogen and oxygen atoms in total. The average Bonchev–Trinajstić information content (AvgIpc) is 2.62. The van der Waals surface area contributed by atoms with Crippen LogP contribution < -0.4 is 4.67 Å². The van der Waals surface area contributed by atoms with Crippen LogP contribution in [0.25, 0.3) is 0 Å². The van der Waals surface area contributed by atoms with E-state index in [-0.39, 0.29) is 0 Å². The Labute approximate surface area is 92.0 Å². The Kier molecular flexibility index (Phi) is 3.57. The first-order valence-electron chi connectivity index (χ1n) is 5.23. The van der Waals surface area contributed by atoms with Gasteiger partial charge in [-0.3, -0.25) is 0 Å². The molecule has 82 valence electrons. The average molecular weight is 225 g/mol. The summed E-state index contributed by atoms with van der Waals surface area (Å²) >= 11 is 0. The van der Waals surface area contributed by atoms with Crippen molar-refractivity contribution in [1.29, 1.82) is 0 Å². The van der Waals surface area contributed by atoms with E-state index >= 15 is 0 Å². The monoisotopic (exact) mass is 225 g/mol. The van der Waals surface area contributed by atoms with Gasteiger partial charge >= 0.3 is 0 Å². The van der Waals surface area contributed by atoms with Gasteiger partial charge in [0.1, 0.15) is 0 Å². The molecule has 4 heteroatoms. The predicted octanol–water partition coefficient (Wildman–Crippen LogP) is 3.18. The molecule has 0 aliphatic carbocycles. The largest absolute Gasteiger partial charge is 0.318 e. The van der Waals surface area contributed by atoms with Gasteiger partial charge in [0.25, 0.3) is 8.53 Å². The predicted molar refractivity (Wildman–Crippen MR) is 62.9 cm³/mol. The number of benzene rings is 1. The Balaban J connectivity index is 2.17. The molecule has 2 rings (SSSR count). The van der Waals surface area contributed by atoms with E-state index in [1.807, 2.05) is 25.1 Å². The molecule has 1 aromatic rings. The van der Waals surface area contributed by atoms with Crippen molar-refractivity contribution >= 4 is 14.2 Å². The normalized spacial score (nSPS) is 25.9. The summed E-state index contributed by atoms with van der Waals surface area (Å²) in [6, 6.07) is 10.7. The summed E-state index contributed by atoms with van der Waals surface area (Å²) in [5, 5.41) is 0. The maximum atomic E-state index is 5.64. The van der Waals surface area contributed by atoms with Crippen molar-refractivity contribution in [3.63, 3.8) is 0 Å². The molecule has 1 aliphatic rings. The van der Waals surface area contributed by atoms with E-state index in [0.717, 1.165) is 6.61 Å². The van der Waals surface area contributed by atoms with Crippen LogP contribution in [-0.2, 0) is 9.05 Å². The maximum Gasteiger partial charge on any atom is 0.290 e. The van der Waals surface area contributed by atoms with Crippen LogP contribution in [-0.4, -0.2) is 19.3 Å². The SMILES string of the molecule is CCOP1OCC(C)N1c1ccccc1. The van der Waals surface area contributed by atoms with Gasteiger partial charge in [-0.15, -0.1) is 0 Å². The maximum absolute atomic E-state index is 5.64. The van der Waals surface area contributed by atoms with Crippen molar-refractivity contribution in [3.05, 3.63) is 30.3 Å². The van der Waals surface area contributed by atoms with Crippen LogP contribution >= 0.6 is 8.53 Å². The fraction of sp³-hybridized carbons (Fsp3) is 0.455. The summed E-state index contributed by atoms with van der Waals surface area (Å²) in [7, 11) is -0.891. The highest BCUT2D eigenvalue weighted by molar-refractivity contribution is 7.49. The minimum Gasteiger partial charge on any atom is -0.318 e. The van der Waals surface area contributed by atoms with Gasteiger partial charge in [-0.2, -0.15) is 0 Å². The molecule has 0 aromatic heterocycles. The zero-order chi connectivity index (χ0) is 10.7. The molecule has 1 aromatic carbocycles. The van der Waals surface area contributed by atoms with Crippen molar-refractivity contribution in [2.45, 2.75) is 19.9 Å². The van der Waals surface area contributed by atoms with Gasteiger partial charge in [0, 0.05) is 5.69 Å². The second-order valence-electron chi connectivity index (χ2n) is 3.48. The molecule has 1 saturated heterocycles. The van der Waals surface area contributed by atoms with Crippen LogP contribution in [0.4, 0.5) is 5.69 Å². The van der Waals surface area contributed by atoms with Crippen LogP contribution in [0.1, 0.15) is 13.8 Å². The molecule has 2 atom stereocenters. The number of rotatable bonds is 3. The van der Waals surface area contributed by atoms with E-state index in [2.05, 4.69) is 23.7 Å². The lowest BCUT2D eigenvalue weighted by molar-refractivity contribution is 0.283. The molecule has 0 saturated carbocycles. The molecule has 1 aliphatic heterocycles. The molecule has 0 N–H and O–H groups in total. The van der Waals surface area contributed by atoms with E-state index in [1.165, 1.54) is 5.69 Å². The molecule has 1 fully saturated rings. The van der Waals surface area contributed by atoms with Gasteiger partial charge in [-0.05, 0) is 26.0 Å². The van der Waals surface area contributed by atoms with Crippen molar-refractivity contribution in [3.8, 4) is 0 Å². The first kappa shape index (κ1) is 10.9. The topological polar surface area (TPSA) is 21.7 Å². The molecule has 0 bridgehead atoms. The minimum atomic E-state index is -0.891. The van der Waals surface area contributed by atoms with Crippen LogP contribution in [0.5, 0.6) is 0 Å². The Hall–Kier alpha value is -0.630. The van der Waals surface area contributed by atoms with E-state index in [1.54, 1.807) is 0 Å². The summed E-state index contributed by atoms with van der Waals surface area (Å²) in [6.45, 7) is 5.61. The van der Waals surface area contributed by atoms with Gasteiger partial charge in [-0.1, -0.05) is 18.2 Å². The third kappa shape index (κ3) is 2.31. The third-order valence-electron chi connectivity index (χ3n) is 2.28. The zero-order valence-electron chi connectivity index (χ0n) is 9.09. The Morgan fingerprint density at radius 3 is 2.87 bits per heavy atom. The fourth-order valence-corrected chi connectivity index (χ4v) is 3.20. The quantitative estimate of drug-likeness (QED) is 0.737. The second-order valence-corrected chi connectivity index (χ2v) is 4.90. The molecule has 0 spiro atoms. The highest BCUT2D eigenvalue weighted by atomic mass is 31.2. The molecular formula is C11H16NO2P. The van der Waals surface area contributed by atoms with Crippen LogP contribution in [0, 0.1) is 0 Å². The van der Waals surface area contributed by atoms with E-state index < -0.39 is 8.53 Å². The smallest absolute Gasteiger partial charge is 0.290 e. The lowest BCUT2D eigenvalue weighted by Crippen LogP contribution is -2.24. The van der Waals surface area contributed by atoms with Gasteiger partial charge in [-0.25, -0.2) is 0 Å². The third-order valence-corrected chi connectivity index (χ3v) is 4.11.